The fourth-order valence-electron chi connectivity index (χ4n) is 2.92. The molecule has 0 atom stereocenters. The van der Waals surface area contributed by atoms with Gasteiger partial charge >= 0.3 is 0 Å². The summed E-state index contributed by atoms with van der Waals surface area (Å²) < 4.78 is 11.3. The topological polar surface area (TPSA) is 76.7 Å². The summed E-state index contributed by atoms with van der Waals surface area (Å²) >= 11 is 5.79. The molecular formula is C30H27ClN2O4. The third-order valence-electron chi connectivity index (χ3n) is 4.79. The van der Waals surface area contributed by atoms with Crippen molar-refractivity contribution in [3.8, 4) is 23.0 Å². The first-order valence-electron chi connectivity index (χ1n) is 11.5. The van der Waals surface area contributed by atoms with Crippen LogP contribution >= 0.6 is 11.6 Å². The van der Waals surface area contributed by atoms with Crippen LogP contribution in [0.25, 0.3) is 0 Å². The van der Waals surface area contributed by atoms with Crippen molar-refractivity contribution in [2.75, 3.05) is 10.6 Å². The lowest BCUT2D eigenvalue weighted by atomic mass is 10.3. The number of benzene rings is 4. The molecule has 0 fully saturated rings. The Morgan fingerprint density at radius 2 is 1.14 bits per heavy atom. The Kier molecular flexibility index (Phi) is 10.3. The summed E-state index contributed by atoms with van der Waals surface area (Å²) in [5.74, 6) is 2.68. The molecule has 37 heavy (non-hydrogen) atoms. The van der Waals surface area contributed by atoms with Crippen LogP contribution in [0.4, 0.5) is 11.4 Å². The molecule has 0 heterocycles. The number of ether oxygens (including phenoxy) is 2. The van der Waals surface area contributed by atoms with Gasteiger partial charge in [0.05, 0.1) is 0 Å². The van der Waals surface area contributed by atoms with E-state index in [1.54, 1.807) is 48.5 Å². The van der Waals surface area contributed by atoms with Gasteiger partial charge in [0.25, 0.3) is 0 Å². The highest BCUT2D eigenvalue weighted by Crippen LogP contribution is 2.25. The lowest BCUT2D eigenvalue weighted by Crippen LogP contribution is -2.08. The molecule has 0 radical (unpaired) electrons. The van der Waals surface area contributed by atoms with Gasteiger partial charge < -0.3 is 20.1 Å². The van der Waals surface area contributed by atoms with Crippen LogP contribution in [-0.4, -0.2) is 11.8 Å². The van der Waals surface area contributed by atoms with E-state index in [0.29, 0.717) is 28.6 Å². The van der Waals surface area contributed by atoms with Gasteiger partial charge in [0.15, 0.2) is 0 Å². The van der Waals surface area contributed by atoms with Gasteiger partial charge in [-0.05, 0) is 91.0 Å². The molecule has 0 aliphatic rings. The van der Waals surface area contributed by atoms with Crippen LogP contribution in [-0.2, 0) is 9.59 Å². The van der Waals surface area contributed by atoms with E-state index in [0.717, 1.165) is 17.2 Å². The zero-order chi connectivity index (χ0) is 26.5. The minimum atomic E-state index is -0.244. The van der Waals surface area contributed by atoms with E-state index >= 15 is 0 Å². The summed E-state index contributed by atoms with van der Waals surface area (Å²) in [6.07, 6.45) is 1.69. The molecule has 188 valence electrons. The number of amides is 2. The van der Waals surface area contributed by atoms with Crippen molar-refractivity contribution in [2.45, 2.75) is 13.3 Å². The number of anilines is 2. The van der Waals surface area contributed by atoms with E-state index in [4.69, 9.17) is 21.1 Å². The van der Waals surface area contributed by atoms with Gasteiger partial charge in [-0.1, -0.05) is 43.3 Å². The fourth-order valence-corrected chi connectivity index (χ4v) is 3.04. The van der Waals surface area contributed by atoms with Crippen LogP contribution in [0, 0.1) is 0 Å². The van der Waals surface area contributed by atoms with E-state index in [-0.39, 0.29) is 11.8 Å². The highest BCUT2D eigenvalue weighted by Gasteiger charge is 2.01. The highest BCUT2D eigenvalue weighted by molar-refractivity contribution is 6.30. The van der Waals surface area contributed by atoms with Gasteiger partial charge in [-0.15, -0.1) is 0 Å². The minimum absolute atomic E-state index is 0.00623. The average molecular weight is 515 g/mol. The van der Waals surface area contributed by atoms with Gasteiger partial charge in [0.2, 0.25) is 11.8 Å². The fraction of sp³-hybridized carbons (Fsp3) is 0.0667. The predicted molar refractivity (Wildman–Crippen MR) is 149 cm³/mol. The molecule has 0 aromatic heterocycles. The molecular weight excluding hydrogens is 488 g/mol. The Morgan fingerprint density at radius 3 is 1.59 bits per heavy atom. The van der Waals surface area contributed by atoms with E-state index in [9.17, 15) is 9.59 Å². The number of halogens is 1. The third-order valence-corrected chi connectivity index (χ3v) is 5.05. The molecule has 2 amide bonds. The number of rotatable bonds is 8. The SMILES string of the molecule is C=CC(=O)Nc1ccc(Oc2ccc(Cl)cc2)cc1.CCC(=O)Nc1ccc(Oc2ccccc2)cc1. The van der Waals surface area contributed by atoms with E-state index in [2.05, 4.69) is 17.2 Å². The smallest absolute Gasteiger partial charge is 0.247 e. The van der Waals surface area contributed by atoms with Gasteiger partial charge in [-0.25, -0.2) is 0 Å². The molecule has 0 spiro atoms. The maximum Gasteiger partial charge on any atom is 0.247 e. The Bertz CT molecular complexity index is 1290. The lowest BCUT2D eigenvalue weighted by molar-refractivity contribution is -0.116. The summed E-state index contributed by atoms with van der Waals surface area (Å²) in [4.78, 5) is 22.3. The summed E-state index contributed by atoms with van der Waals surface area (Å²) in [5, 5.41) is 6.11. The molecule has 0 aliphatic carbocycles. The highest BCUT2D eigenvalue weighted by atomic mass is 35.5. The molecule has 0 aliphatic heterocycles. The monoisotopic (exact) mass is 514 g/mol. The molecule has 6 nitrogen and oxygen atoms in total. The molecule has 0 unspecified atom stereocenters. The van der Waals surface area contributed by atoms with Crippen LogP contribution < -0.4 is 20.1 Å². The number of hydrogen-bond acceptors (Lipinski definition) is 4. The zero-order valence-electron chi connectivity index (χ0n) is 20.3. The van der Waals surface area contributed by atoms with E-state index in [1.807, 2.05) is 61.5 Å². The normalized spacial score (nSPS) is 9.78. The van der Waals surface area contributed by atoms with E-state index < -0.39 is 0 Å². The largest absolute Gasteiger partial charge is 0.457 e. The zero-order valence-corrected chi connectivity index (χ0v) is 21.1. The van der Waals surface area contributed by atoms with Crippen molar-refractivity contribution in [1.82, 2.24) is 0 Å². The predicted octanol–water partition coefficient (Wildman–Crippen LogP) is 8.08. The van der Waals surface area contributed by atoms with Crippen molar-refractivity contribution in [3.05, 3.63) is 121 Å². The van der Waals surface area contributed by atoms with Gasteiger partial charge in [-0.3, -0.25) is 9.59 Å². The third kappa shape index (κ3) is 9.55. The molecule has 7 heteroatoms. The first kappa shape index (κ1) is 27.0. The van der Waals surface area contributed by atoms with Gasteiger partial charge in [-0.2, -0.15) is 0 Å². The number of hydrogen-bond donors (Lipinski definition) is 2. The molecule has 0 saturated carbocycles. The number of nitrogens with one attached hydrogen (secondary N) is 2. The van der Waals surface area contributed by atoms with E-state index in [1.165, 1.54) is 6.08 Å². The standard InChI is InChI=1S/C15H12ClNO2.C15H15NO2/c1-2-15(18)17-12-5-9-14(10-6-12)19-13-7-3-11(16)4-8-13;1-2-15(17)16-12-8-10-14(11-9-12)18-13-6-4-3-5-7-13/h2-10H,1H2,(H,17,18);3-11H,2H2,1H3,(H,16,17). The number of carbonyl (C=O) groups is 2. The van der Waals surface area contributed by atoms with Gasteiger partial charge in [0.1, 0.15) is 23.0 Å². The summed E-state index contributed by atoms with van der Waals surface area (Å²) in [6.45, 7) is 5.21. The maximum absolute atomic E-state index is 11.2. The van der Waals surface area contributed by atoms with Crippen LogP contribution in [0.15, 0.2) is 116 Å². The van der Waals surface area contributed by atoms with Crippen molar-refractivity contribution in [3.63, 3.8) is 0 Å². The van der Waals surface area contributed by atoms with Crippen LogP contribution in [0.3, 0.4) is 0 Å². The summed E-state index contributed by atoms with van der Waals surface area (Å²) in [5.41, 5.74) is 1.47. The average Bonchev–Trinajstić information content (AvgIpc) is 2.93. The Balaban J connectivity index is 0.000000206. The quantitative estimate of drug-likeness (QED) is 0.233. The van der Waals surface area contributed by atoms with Crippen LogP contribution in [0.2, 0.25) is 5.02 Å². The van der Waals surface area contributed by atoms with Crippen molar-refractivity contribution >= 4 is 34.8 Å². The first-order valence-corrected chi connectivity index (χ1v) is 11.9. The Morgan fingerprint density at radius 1 is 0.703 bits per heavy atom. The Labute approximate surface area is 221 Å². The molecule has 0 saturated heterocycles. The summed E-state index contributed by atoms with van der Waals surface area (Å²) in [6, 6.07) is 31.0. The molecule has 4 rings (SSSR count). The molecule has 2 N–H and O–H groups in total. The second-order valence-electron chi connectivity index (χ2n) is 7.61. The van der Waals surface area contributed by atoms with Crippen LogP contribution in [0.1, 0.15) is 13.3 Å². The minimum Gasteiger partial charge on any atom is -0.457 e. The number of carbonyl (C=O) groups excluding carboxylic acids is 2. The first-order chi connectivity index (χ1) is 17.9. The molecule has 4 aromatic rings. The molecule has 4 aromatic carbocycles. The van der Waals surface area contributed by atoms with Crippen molar-refractivity contribution < 1.29 is 19.1 Å². The molecule has 0 bridgehead atoms. The Hall–Kier alpha value is -4.55. The maximum atomic E-state index is 11.2. The van der Waals surface area contributed by atoms with Crippen molar-refractivity contribution in [1.29, 1.82) is 0 Å². The lowest BCUT2D eigenvalue weighted by Gasteiger charge is -2.07. The van der Waals surface area contributed by atoms with Crippen molar-refractivity contribution in [2.24, 2.45) is 0 Å². The summed E-state index contributed by atoms with van der Waals surface area (Å²) in [7, 11) is 0. The second kappa shape index (κ2) is 14.1. The second-order valence-corrected chi connectivity index (χ2v) is 8.05. The van der Waals surface area contributed by atoms with Crippen LogP contribution in [0.5, 0.6) is 23.0 Å². The van der Waals surface area contributed by atoms with Gasteiger partial charge in [0, 0.05) is 22.8 Å². The number of para-hydroxylation sites is 1.